The van der Waals surface area contributed by atoms with E-state index in [1.54, 1.807) is 19.1 Å². The van der Waals surface area contributed by atoms with Crippen LogP contribution in [-0.2, 0) is 26.7 Å². The van der Waals surface area contributed by atoms with Gasteiger partial charge in [-0.3, -0.25) is 5.10 Å². The van der Waals surface area contributed by atoms with Crippen LogP contribution in [0.1, 0.15) is 66.2 Å². The molecule has 0 saturated carbocycles. The minimum Gasteiger partial charge on any atom is -0.381 e. The van der Waals surface area contributed by atoms with Gasteiger partial charge in [-0.15, -0.1) is 0 Å². The Morgan fingerprint density at radius 1 is 1.11 bits per heavy atom. The van der Waals surface area contributed by atoms with Crippen LogP contribution in [0, 0.1) is 18.6 Å². The van der Waals surface area contributed by atoms with Crippen molar-refractivity contribution in [3.05, 3.63) is 82.4 Å². The van der Waals surface area contributed by atoms with Crippen molar-refractivity contribution in [1.29, 1.82) is 0 Å². The van der Waals surface area contributed by atoms with Crippen molar-refractivity contribution in [2.24, 2.45) is 0 Å². The van der Waals surface area contributed by atoms with Gasteiger partial charge < -0.3 is 4.74 Å². The van der Waals surface area contributed by atoms with Crippen LogP contribution in [0.25, 0.3) is 0 Å². The normalized spacial score (nSPS) is 24.0. The van der Waals surface area contributed by atoms with Crippen LogP contribution in [0.3, 0.4) is 0 Å². The number of benzene rings is 2. The molecule has 0 spiro atoms. The van der Waals surface area contributed by atoms with Crippen molar-refractivity contribution in [3.63, 3.8) is 0 Å². The highest BCUT2D eigenvalue weighted by molar-refractivity contribution is 7.89. The van der Waals surface area contributed by atoms with Crippen LogP contribution in [0.5, 0.6) is 0 Å². The Morgan fingerprint density at radius 3 is 2.50 bits per heavy atom. The third-order valence-corrected chi connectivity index (χ3v) is 9.92. The van der Waals surface area contributed by atoms with Crippen LogP contribution >= 0.6 is 0 Å². The van der Waals surface area contributed by atoms with Gasteiger partial charge in [0.1, 0.15) is 22.7 Å². The second kappa shape index (κ2) is 9.64. The third-order valence-electron chi connectivity index (χ3n) is 7.55. The lowest BCUT2D eigenvalue weighted by Gasteiger charge is -2.38. The standard InChI is InChI=1S/C26H30F2N4O3S/c1-17-8-9-24(19-6-4-3-5-7-19)36(33,34)32(17)16-20-14-23(28)21(15-22(20)27)26(10-12-35-13-11-26)25-29-18(2)30-31-25/h3-7,14-15,17,24H,8-13,16H2,1-2H3,(H,29,30,31)/t17-,24+/m0/s1. The molecule has 2 aliphatic rings. The van der Waals surface area contributed by atoms with E-state index < -0.39 is 32.3 Å². The first kappa shape index (κ1) is 25.0. The average molecular weight is 517 g/mol. The molecule has 1 aromatic heterocycles. The number of H-pyrrole nitrogens is 1. The van der Waals surface area contributed by atoms with Gasteiger partial charge >= 0.3 is 0 Å². The molecule has 7 nitrogen and oxygen atoms in total. The SMILES string of the molecule is Cc1nc(C2(c3cc(F)c(CN4[C@@H](C)CC[C@H](c5ccccc5)S4(=O)=O)cc3F)CCOCC2)n[nH]1. The minimum absolute atomic E-state index is 0.00811. The summed E-state index contributed by atoms with van der Waals surface area (Å²) in [4.78, 5) is 4.44. The Kier molecular flexibility index (Phi) is 6.69. The molecule has 192 valence electrons. The van der Waals surface area contributed by atoms with Gasteiger partial charge in [0.25, 0.3) is 0 Å². The molecule has 2 atom stereocenters. The van der Waals surface area contributed by atoms with Gasteiger partial charge in [0, 0.05) is 36.9 Å². The molecule has 0 radical (unpaired) electrons. The van der Waals surface area contributed by atoms with Gasteiger partial charge in [-0.1, -0.05) is 30.3 Å². The first-order valence-corrected chi connectivity index (χ1v) is 13.7. The Balaban J connectivity index is 1.50. The van der Waals surface area contributed by atoms with Gasteiger partial charge in [-0.2, -0.15) is 9.40 Å². The van der Waals surface area contributed by atoms with E-state index in [4.69, 9.17) is 4.74 Å². The molecule has 36 heavy (non-hydrogen) atoms. The minimum atomic E-state index is -3.77. The zero-order chi connectivity index (χ0) is 25.5. The summed E-state index contributed by atoms with van der Waals surface area (Å²) in [7, 11) is -3.77. The molecule has 2 aromatic carbocycles. The smallest absolute Gasteiger partial charge is 0.221 e. The molecule has 3 heterocycles. The summed E-state index contributed by atoms with van der Waals surface area (Å²) in [6, 6.07) is 11.0. The fourth-order valence-electron chi connectivity index (χ4n) is 5.49. The number of hydrogen-bond donors (Lipinski definition) is 1. The van der Waals surface area contributed by atoms with E-state index in [0.29, 0.717) is 56.1 Å². The highest BCUT2D eigenvalue weighted by Gasteiger charge is 2.44. The van der Waals surface area contributed by atoms with Crippen LogP contribution < -0.4 is 0 Å². The lowest BCUT2D eigenvalue weighted by molar-refractivity contribution is 0.0593. The maximum absolute atomic E-state index is 15.7. The van der Waals surface area contributed by atoms with Crippen molar-refractivity contribution in [3.8, 4) is 0 Å². The molecular weight excluding hydrogens is 486 g/mol. The number of ether oxygens (including phenoxy) is 1. The quantitative estimate of drug-likeness (QED) is 0.538. The predicted molar refractivity (Wildman–Crippen MR) is 131 cm³/mol. The molecule has 2 saturated heterocycles. The number of aromatic amines is 1. The van der Waals surface area contributed by atoms with Gasteiger partial charge in [0.05, 0.1) is 5.41 Å². The lowest BCUT2D eigenvalue weighted by atomic mass is 9.73. The van der Waals surface area contributed by atoms with Crippen LogP contribution in [0.4, 0.5) is 8.78 Å². The van der Waals surface area contributed by atoms with Gasteiger partial charge in [0.15, 0.2) is 5.82 Å². The average Bonchev–Trinajstić information content (AvgIpc) is 3.31. The second-order valence-corrected chi connectivity index (χ2v) is 11.8. The van der Waals surface area contributed by atoms with E-state index in [2.05, 4.69) is 15.2 Å². The van der Waals surface area contributed by atoms with Crippen molar-refractivity contribution < 1.29 is 21.9 Å². The third kappa shape index (κ3) is 4.35. The monoisotopic (exact) mass is 516 g/mol. The van der Waals surface area contributed by atoms with E-state index in [0.717, 1.165) is 6.07 Å². The Labute approximate surface area is 209 Å². The van der Waals surface area contributed by atoms with Gasteiger partial charge in [0.2, 0.25) is 10.0 Å². The van der Waals surface area contributed by atoms with Crippen molar-refractivity contribution >= 4 is 10.0 Å². The number of sulfonamides is 1. The molecular formula is C26H30F2N4O3S. The first-order chi connectivity index (χ1) is 17.2. The summed E-state index contributed by atoms with van der Waals surface area (Å²) in [5.41, 5.74) is -0.0359. The maximum Gasteiger partial charge on any atom is 0.221 e. The van der Waals surface area contributed by atoms with E-state index in [1.165, 1.54) is 10.4 Å². The number of nitrogens with one attached hydrogen (secondary N) is 1. The summed E-state index contributed by atoms with van der Waals surface area (Å²) >= 11 is 0. The summed E-state index contributed by atoms with van der Waals surface area (Å²) in [5.74, 6) is -0.246. The highest BCUT2D eigenvalue weighted by Crippen LogP contribution is 2.42. The summed E-state index contributed by atoms with van der Waals surface area (Å²) in [6.45, 7) is 4.09. The van der Waals surface area contributed by atoms with Crippen LogP contribution in [-0.4, -0.2) is 47.2 Å². The number of halogens is 2. The van der Waals surface area contributed by atoms with Crippen molar-refractivity contribution in [2.45, 2.75) is 62.8 Å². The topological polar surface area (TPSA) is 88.2 Å². The first-order valence-electron chi connectivity index (χ1n) is 12.2. The van der Waals surface area contributed by atoms with Crippen LogP contribution in [0.15, 0.2) is 42.5 Å². The zero-order valence-corrected chi connectivity index (χ0v) is 21.2. The van der Waals surface area contributed by atoms with E-state index in [1.807, 2.05) is 25.1 Å². The van der Waals surface area contributed by atoms with Gasteiger partial charge in [-0.25, -0.2) is 22.2 Å². The number of nitrogens with zero attached hydrogens (tertiary/aromatic N) is 3. The molecule has 1 N–H and O–H groups in total. The molecule has 2 fully saturated rings. The van der Waals surface area contributed by atoms with E-state index in [9.17, 15) is 8.42 Å². The Bertz CT molecular complexity index is 1340. The summed E-state index contributed by atoms with van der Waals surface area (Å²) < 4.78 is 65.2. The number of hydrogen-bond acceptors (Lipinski definition) is 5. The Hall–Kier alpha value is -2.69. The highest BCUT2D eigenvalue weighted by atomic mass is 32.2. The van der Waals surface area contributed by atoms with E-state index in [-0.39, 0.29) is 23.7 Å². The van der Waals surface area contributed by atoms with Crippen LogP contribution in [0.2, 0.25) is 0 Å². The molecule has 5 rings (SSSR count). The maximum atomic E-state index is 15.7. The zero-order valence-electron chi connectivity index (χ0n) is 20.4. The largest absolute Gasteiger partial charge is 0.381 e. The molecule has 0 bridgehead atoms. The van der Waals surface area contributed by atoms with E-state index >= 15 is 8.78 Å². The van der Waals surface area contributed by atoms with Crippen molar-refractivity contribution in [2.75, 3.05) is 13.2 Å². The fraction of sp³-hybridized carbons (Fsp3) is 0.462. The Morgan fingerprint density at radius 2 is 1.83 bits per heavy atom. The molecule has 10 heteroatoms. The number of rotatable bonds is 5. The number of aromatic nitrogens is 3. The molecule has 0 aliphatic carbocycles. The molecule has 2 aliphatic heterocycles. The van der Waals surface area contributed by atoms with Gasteiger partial charge in [-0.05, 0) is 57.2 Å². The lowest BCUT2D eigenvalue weighted by Crippen LogP contribution is -2.45. The predicted octanol–water partition coefficient (Wildman–Crippen LogP) is 4.54. The fourth-order valence-corrected chi connectivity index (χ4v) is 7.67. The molecule has 3 aromatic rings. The molecule has 0 unspecified atom stereocenters. The summed E-state index contributed by atoms with van der Waals surface area (Å²) in [6.07, 6.45) is 1.95. The summed E-state index contributed by atoms with van der Waals surface area (Å²) in [5, 5.41) is 6.37. The van der Waals surface area contributed by atoms with Crippen molar-refractivity contribution in [1.82, 2.24) is 19.5 Å². The molecule has 0 amide bonds. The second-order valence-electron chi connectivity index (χ2n) is 9.78. The number of aryl methyl sites for hydroxylation is 1.